The third kappa shape index (κ3) is 5.04. The van der Waals surface area contributed by atoms with Crippen molar-refractivity contribution in [3.63, 3.8) is 0 Å². The molecule has 0 saturated carbocycles. The van der Waals surface area contributed by atoms with E-state index in [9.17, 15) is 18.4 Å². The van der Waals surface area contributed by atoms with Crippen LogP contribution in [0.5, 0.6) is 5.75 Å². The van der Waals surface area contributed by atoms with Crippen LogP contribution in [-0.2, 0) is 4.79 Å². The largest absolute Gasteiger partial charge is 0.494 e. The highest BCUT2D eigenvalue weighted by molar-refractivity contribution is 7.99. The molecular weight excluding hydrogens is 448 g/mol. The van der Waals surface area contributed by atoms with Crippen molar-refractivity contribution in [3.05, 3.63) is 88.7 Å². The van der Waals surface area contributed by atoms with Gasteiger partial charge in [-0.05, 0) is 55.5 Å². The van der Waals surface area contributed by atoms with Crippen molar-refractivity contribution in [1.82, 2.24) is 9.55 Å². The smallest absolute Gasteiger partial charge is 0.266 e. The maximum Gasteiger partial charge on any atom is 0.266 e. The zero-order valence-electron chi connectivity index (χ0n) is 17.5. The Labute approximate surface area is 192 Å². The molecule has 0 aliphatic heterocycles. The van der Waals surface area contributed by atoms with Gasteiger partial charge in [0.15, 0.2) is 16.8 Å². The van der Waals surface area contributed by atoms with Crippen molar-refractivity contribution in [2.75, 3.05) is 17.7 Å². The number of rotatable bonds is 7. The van der Waals surface area contributed by atoms with Gasteiger partial charge in [-0.25, -0.2) is 13.8 Å². The van der Waals surface area contributed by atoms with Gasteiger partial charge in [0.1, 0.15) is 5.75 Å². The van der Waals surface area contributed by atoms with E-state index in [0.717, 1.165) is 23.9 Å². The van der Waals surface area contributed by atoms with Gasteiger partial charge in [-0.2, -0.15) is 0 Å². The van der Waals surface area contributed by atoms with E-state index in [1.807, 2.05) is 6.92 Å². The molecule has 0 spiro atoms. The normalized spacial score (nSPS) is 10.9. The van der Waals surface area contributed by atoms with Crippen LogP contribution in [0.2, 0.25) is 0 Å². The van der Waals surface area contributed by atoms with Crippen LogP contribution in [0.25, 0.3) is 16.6 Å². The molecule has 0 atom stereocenters. The third-order valence-corrected chi connectivity index (χ3v) is 5.63. The second-order valence-electron chi connectivity index (χ2n) is 6.94. The second kappa shape index (κ2) is 9.83. The van der Waals surface area contributed by atoms with Crippen molar-refractivity contribution in [3.8, 4) is 11.4 Å². The number of nitrogens with one attached hydrogen (secondary N) is 1. The number of para-hydroxylation sites is 1. The molecule has 1 amide bonds. The zero-order valence-corrected chi connectivity index (χ0v) is 18.4. The Morgan fingerprint density at radius 1 is 1.06 bits per heavy atom. The average Bonchev–Trinajstić information content (AvgIpc) is 2.81. The Morgan fingerprint density at radius 3 is 2.55 bits per heavy atom. The number of amides is 1. The lowest BCUT2D eigenvalue weighted by Gasteiger charge is -2.14. The van der Waals surface area contributed by atoms with Gasteiger partial charge >= 0.3 is 0 Å². The number of nitrogens with zero attached hydrogens (tertiary/aromatic N) is 2. The number of aromatic nitrogens is 2. The van der Waals surface area contributed by atoms with E-state index in [0.29, 0.717) is 34.1 Å². The summed E-state index contributed by atoms with van der Waals surface area (Å²) in [6.07, 6.45) is 0. The Hall–Kier alpha value is -3.72. The Kier molecular flexibility index (Phi) is 6.69. The first-order valence-corrected chi connectivity index (χ1v) is 11.1. The van der Waals surface area contributed by atoms with Crippen molar-refractivity contribution < 1.29 is 18.3 Å². The van der Waals surface area contributed by atoms with Gasteiger partial charge in [-0.15, -0.1) is 0 Å². The van der Waals surface area contributed by atoms with Crippen LogP contribution in [0.1, 0.15) is 6.92 Å². The highest BCUT2D eigenvalue weighted by atomic mass is 32.2. The fourth-order valence-electron chi connectivity index (χ4n) is 3.20. The predicted octanol–water partition coefficient (Wildman–Crippen LogP) is 4.79. The first-order valence-electron chi connectivity index (χ1n) is 10.1. The van der Waals surface area contributed by atoms with Crippen LogP contribution in [0, 0.1) is 11.6 Å². The highest BCUT2D eigenvalue weighted by Crippen LogP contribution is 2.23. The van der Waals surface area contributed by atoms with Crippen LogP contribution in [0.15, 0.2) is 76.7 Å². The number of fused-ring (bicyclic) bond motifs is 1. The Morgan fingerprint density at radius 2 is 1.82 bits per heavy atom. The molecule has 1 N–H and O–H groups in total. The molecule has 6 nitrogen and oxygen atoms in total. The van der Waals surface area contributed by atoms with Crippen LogP contribution >= 0.6 is 11.8 Å². The molecule has 168 valence electrons. The van der Waals surface area contributed by atoms with E-state index >= 15 is 0 Å². The number of carbonyl (C=O) groups is 1. The summed E-state index contributed by atoms with van der Waals surface area (Å²) < 4.78 is 33.4. The van der Waals surface area contributed by atoms with Crippen molar-refractivity contribution in [2.24, 2.45) is 0 Å². The molecule has 4 rings (SSSR count). The predicted molar refractivity (Wildman–Crippen MR) is 124 cm³/mol. The molecule has 0 saturated heterocycles. The Bertz CT molecular complexity index is 1370. The minimum absolute atomic E-state index is 0.0964. The number of thioether (sulfide) groups is 1. The fraction of sp³-hybridized carbons (Fsp3) is 0.125. The second-order valence-corrected chi connectivity index (χ2v) is 7.89. The van der Waals surface area contributed by atoms with Gasteiger partial charge in [-0.3, -0.25) is 14.2 Å². The minimum atomic E-state index is -1.05. The molecule has 4 aromatic rings. The average molecular weight is 467 g/mol. The number of hydrogen-bond donors (Lipinski definition) is 1. The van der Waals surface area contributed by atoms with Gasteiger partial charge in [-0.1, -0.05) is 23.9 Å². The zero-order chi connectivity index (χ0) is 23.4. The number of ether oxygens (including phenoxy) is 1. The summed E-state index contributed by atoms with van der Waals surface area (Å²) in [4.78, 5) is 30.3. The molecule has 9 heteroatoms. The fourth-order valence-corrected chi connectivity index (χ4v) is 4.01. The lowest BCUT2D eigenvalue weighted by atomic mass is 10.2. The molecule has 0 fully saturated rings. The van der Waals surface area contributed by atoms with Crippen molar-refractivity contribution in [1.29, 1.82) is 0 Å². The van der Waals surface area contributed by atoms with E-state index in [1.54, 1.807) is 48.5 Å². The Balaban J connectivity index is 1.64. The molecule has 0 unspecified atom stereocenters. The van der Waals surface area contributed by atoms with Gasteiger partial charge in [0.25, 0.3) is 5.56 Å². The van der Waals surface area contributed by atoms with E-state index in [2.05, 4.69) is 10.3 Å². The summed E-state index contributed by atoms with van der Waals surface area (Å²) in [5.41, 5.74) is 0.946. The van der Waals surface area contributed by atoms with Gasteiger partial charge < -0.3 is 10.1 Å². The maximum atomic E-state index is 13.4. The third-order valence-electron chi connectivity index (χ3n) is 4.69. The first kappa shape index (κ1) is 22.5. The lowest BCUT2D eigenvalue weighted by Crippen LogP contribution is -2.23. The van der Waals surface area contributed by atoms with Gasteiger partial charge in [0.05, 0.1) is 29.0 Å². The van der Waals surface area contributed by atoms with E-state index in [4.69, 9.17) is 4.74 Å². The summed E-state index contributed by atoms with van der Waals surface area (Å²) in [6, 6.07) is 17.1. The van der Waals surface area contributed by atoms with Crippen LogP contribution in [-0.4, -0.2) is 27.8 Å². The molecule has 1 aromatic heterocycles. The monoisotopic (exact) mass is 467 g/mol. The molecule has 0 radical (unpaired) electrons. The van der Waals surface area contributed by atoms with E-state index in [1.165, 1.54) is 10.6 Å². The SMILES string of the molecule is CCOc1ccc(-n2c(SCC(=O)Nc3ccc(F)c(F)c3)nc3ccccc3c2=O)cc1. The molecule has 33 heavy (non-hydrogen) atoms. The van der Waals surface area contributed by atoms with Crippen molar-refractivity contribution in [2.45, 2.75) is 12.1 Å². The highest BCUT2D eigenvalue weighted by Gasteiger charge is 2.15. The number of hydrogen-bond acceptors (Lipinski definition) is 5. The summed E-state index contributed by atoms with van der Waals surface area (Å²) in [6.45, 7) is 2.40. The molecule has 3 aromatic carbocycles. The van der Waals surface area contributed by atoms with Crippen LogP contribution in [0.4, 0.5) is 14.5 Å². The summed E-state index contributed by atoms with van der Waals surface area (Å²) >= 11 is 1.06. The quantitative estimate of drug-likeness (QED) is 0.312. The van der Waals surface area contributed by atoms with E-state index in [-0.39, 0.29) is 17.0 Å². The van der Waals surface area contributed by atoms with Crippen LogP contribution < -0.4 is 15.6 Å². The maximum absolute atomic E-state index is 13.4. The summed E-state index contributed by atoms with van der Waals surface area (Å²) in [5, 5.41) is 3.28. The van der Waals surface area contributed by atoms with Gasteiger partial charge in [0, 0.05) is 11.8 Å². The van der Waals surface area contributed by atoms with Crippen molar-refractivity contribution >= 4 is 34.3 Å². The molecule has 0 aliphatic rings. The summed E-state index contributed by atoms with van der Waals surface area (Å²) in [5.74, 6) is -1.93. The minimum Gasteiger partial charge on any atom is -0.494 e. The molecule has 0 aliphatic carbocycles. The molecule has 0 bridgehead atoms. The number of anilines is 1. The topological polar surface area (TPSA) is 73.2 Å². The number of halogens is 2. The van der Waals surface area contributed by atoms with Crippen LogP contribution in [0.3, 0.4) is 0 Å². The first-order chi connectivity index (χ1) is 16.0. The lowest BCUT2D eigenvalue weighted by molar-refractivity contribution is -0.113. The standard InChI is InChI=1S/C24H19F2N3O3S/c1-2-32-17-10-8-16(9-11-17)29-23(31)18-5-3-4-6-21(18)28-24(29)33-14-22(30)27-15-7-12-19(25)20(26)13-15/h3-13H,2,14H2,1H3,(H,27,30). The van der Waals surface area contributed by atoms with E-state index < -0.39 is 17.5 Å². The summed E-state index contributed by atoms with van der Waals surface area (Å²) in [7, 11) is 0. The number of carbonyl (C=O) groups excluding carboxylic acids is 1. The number of benzene rings is 3. The molecule has 1 heterocycles. The van der Waals surface area contributed by atoms with Gasteiger partial charge in [0.2, 0.25) is 5.91 Å². The molecular formula is C24H19F2N3O3S.